The minimum absolute atomic E-state index is 0. The van der Waals surface area contributed by atoms with Crippen molar-refractivity contribution in [3.05, 3.63) is 35.6 Å². The molecule has 0 atom stereocenters. The molecule has 0 heterocycles. The summed E-state index contributed by atoms with van der Waals surface area (Å²) in [5, 5.41) is 5.49. The highest BCUT2D eigenvalue weighted by molar-refractivity contribution is 5.94. The van der Waals surface area contributed by atoms with Crippen molar-refractivity contribution in [3.8, 4) is 0 Å². The fraction of sp³-hybridized carbons (Fsp3) is 0.467. The molecule has 0 radical (unpaired) electrons. The zero-order valence-corrected chi connectivity index (χ0v) is 13.3. The highest BCUT2D eigenvalue weighted by atomic mass is 35.5. The molecule has 1 rings (SSSR count). The number of benzene rings is 1. The Balaban J connectivity index is 0.00000441. The fourth-order valence-corrected chi connectivity index (χ4v) is 1.74. The van der Waals surface area contributed by atoms with Crippen LogP contribution < -0.4 is 16.4 Å². The molecule has 0 fully saturated rings. The topological polar surface area (TPSA) is 84.2 Å². The number of hydrogen-bond acceptors (Lipinski definition) is 3. The normalized spacial score (nSPS) is 9.73. The van der Waals surface area contributed by atoms with Gasteiger partial charge in [-0.05, 0) is 50.1 Å². The molecule has 22 heavy (non-hydrogen) atoms. The lowest BCUT2D eigenvalue weighted by Crippen LogP contribution is -2.28. The van der Waals surface area contributed by atoms with Crippen molar-refractivity contribution >= 4 is 24.2 Å². The third kappa shape index (κ3) is 8.59. The van der Waals surface area contributed by atoms with Crippen LogP contribution in [0.2, 0.25) is 0 Å². The first-order valence-electron chi connectivity index (χ1n) is 7.14. The zero-order chi connectivity index (χ0) is 15.5. The molecular formula is C15H23ClFN3O2. The number of nitrogens with two attached hydrogens (primary N) is 1. The van der Waals surface area contributed by atoms with Gasteiger partial charge in [-0.25, -0.2) is 4.39 Å². The van der Waals surface area contributed by atoms with Gasteiger partial charge in [0, 0.05) is 25.1 Å². The minimum atomic E-state index is -0.377. The van der Waals surface area contributed by atoms with Crippen molar-refractivity contribution < 1.29 is 14.0 Å². The van der Waals surface area contributed by atoms with E-state index >= 15 is 0 Å². The van der Waals surface area contributed by atoms with Gasteiger partial charge in [0.05, 0.1) is 0 Å². The first kappa shape index (κ1) is 20.3. The third-order valence-electron chi connectivity index (χ3n) is 2.93. The SMILES string of the molecule is Cl.NCCCCNC(=O)CCCNC(=O)c1ccc(F)cc1. The molecule has 0 unspecified atom stereocenters. The molecular weight excluding hydrogens is 309 g/mol. The molecule has 4 N–H and O–H groups in total. The van der Waals surface area contributed by atoms with Crippen LogP contribution in [0.1, 0.15) is 36.0 Å². The van der Waals surface area contributed by atoms with E-state index in [4.69, 9.17) is 5.73 Å². The van der Waals surface area contributed by atoms with E-state index in [1.165, 1.54) is 24.3 Å². The molecule has 0 saturated carbocycles. The van der Waals surface area contributed by atoms with Gasteiger partial charge in [0.2, 0.25) is 5.91 Å². The van der Waals surface area contributed by atoms with Crippen molar-refractivity contribution in [3.63, 3.8) is 0 Å². The summed E-state index contributed by atoms with van der Waals surface area (Å²) < 4.78 is 12.7. The quantitative estimate of drug-likeness (QED) is 0.601. The van der Waals surface area contributed by atoms with Crippen LogP contribution in [-0.4, -0.2) is 31.4 Å². The Hall–Kier alpha value is -1.66. The van der Waals surface area contributed by atoms with E-state index in [9.17, 15) is 14.0 Å². The molecule has 2 amide bonds. The Morgan fingerprint density at radius 1 is 1.00 bits per heavy atom. The summed E-state index contributed by atoms with van der Waals surface area (Å²) in [5.74, 6) is -0.667. The summed E-state index contributed by atoms with van der Waals surface area (Å²) in [6.07, 6.45) is 2.71. The smallest absolute Gasteiger partial charge is 0.251 e. The maximum Gasteiger partial charge on any atom is 0.251 e. The van der Waals surface area contributed by atoms with E-state index in [0.29, 0.717) is 38.0 Å². The van der Waals surface area contributed by atoms with Crippen molar-refractivity contribution in [2.45, 2.75) is 25.7 Å². The second kappa shape index (κ2) is 11.9. The lowest BCUT2D eigenvalue weighted by atomic mass is 10.2. The highest BCUT2D eigenvalue weighted by Crippen LogP contribution is 2.02. The lowest BCUT2D eigenvalue weighted by molar-refractivity contribution is -0.121. The standard InChI is InChI=1S/C15H22FN3O2.ClH/c16-13-7-5-12(6-8-13)15(21)19-11-3-4-14(20)18-10-2-1-9-17;/h5-8H,1-4,9-11,17H2,(H,18,20)(H,19,21);1H. The lowest BCUT2D eigenvalue weighted by Gasteiger charge is -2.06. The summed E-state index contributed by atoms with van der Waals surface area (Å²) in [7, 11) is 0. The Bertz CT molecular complexity index is 455. The fourth-order valence-electron chi connectivity index (χ4n) is 1.74. The predicted molar refractivity (Wildman–Crippen MR) is 86.5 cm³/mol. The van der Waals surface area contributed by atoms with Gasteiger partial charge in [-0.3, -0.25) is 9.59 Å². The molecule has 5 nitrogen and oxygen atoms in total. The number of unbranched alkanes of at least 4 members (excludes halogenated alkanes) is 1. The van der Waals surface area contributed by atoms with Crippen molar-refractivity contribution in [2.75, 3.05) is 19.6 Å². The van der Waals surface area contributed by atoms with Gasteiger partial charge in [0.15, 0.2) is 0 Å². The second-order valence-electron chi connectivity index (χ2n) is 4.71. The van der Waals surface area contributed by atoms with E-state index < -0.39 is 0 Å². The van der Waals surface area contributed by atoms with Gasteiger partial charge < -0.3 is 16.4 Å². The van der Waals surface area contributed by atoms with Crippen LogP contribution in [0, 0.1) is 5.82 Å². The van der Waals surface area contributed by atoms with Gasteiger partial charge in [0.25, 0.3) is 5.91 Å². The van der Waals surface area contributed by atoms with E-state index in [1.54, 1.807) is 0 Å². The summed E-state index contributed by atoms with van der Waals surface area (Å²) in [5.41, 5.74) is 5.76. The Kier molecular flexibility index (Phi) is 11.0. The van der Waals surface area contributed by atoms with Crippen LogP contribution in [0.3, 0.4) is 0 Å². The number of hydrogen-bond donors (Lipinski definition) is 3. The molecule has 7 heteroatoms. The minimum Gasteiger partial charge on any atom is -0.356 e. The number of amides is 2. The first-order valence-corrected chi connectivity index (χ1v) is 7.14. The maximum atomic E-state index is 12.7. The largest absolute Gasteiger partial charge is 0.356 e. The number of carbonyl (C=O) groups excluding carboxylic acids is 2. The molecule has 0 aromatic heterocycles. The molecule has 1 aromatic carbocycles. The predicted octanol–water partition coefficient (Wildman–Crippen LogP) is 1.61. The third-order valence-corrected chi connectivity index (χ3v) is 2.93. The number of carbonyl (C=O) groups is 2. The molecule has 0 bridgehead atoms. The highest BCUT2D eigenvalue weighted by Gasteiger charge is 2.05. The van der Waals surface area contributed by atoms with Crippen LogP contribution in [-0.2, 0) is 4.79 Å². The van der Waals surface area contributed by atoms with Crippen LogP contribution in [0.25, 0.3) is 0 Å². The second-order valence-corrected chi connectivity index (χ2v) is 4.71. The van der Waals surface area contributed by atoms with Gasteiger partial charge in [0.1, 0.15) is 5.82 Å². The summed E-state index contributed by atoms with van der Waals surface area (Å²) in [6.45, 7) is 1.68. The van der Waals surface area contributed by atoms with Gasteiger partial charge in [-0.15, -0.1) is 12.4 Å². The van der Waals surface area contributed by atoms with Gasteiger partial charge in [-0.2, -0.15) is 0 Å². The number of nitrogens with one attached hydrogen (secondary N) is 2. The summed E-state index contributed by atoms with van der Waals surface area (Å²) >= 11 is 0. The first-order chi connectivity index (χ1) is 10.1. The number of halogens is 2. The van der Waals surface area contributed by atoms with Crippen LogP contribution in [0.5, 0.6) is 0 Å². The van der Waals surface area contributed by atoms with Crippen LogP contribution in [0.4, 0.5) is 4.39 Å². The van der Waals surface area contributed by atoms with Gasteiger partial charge in [-0.1, -0.05) is 0 Å². The average molecular weight is 332 g/mol. The molecule has 0 spiro atoms. The Morgan fingerprint density at radius 3 is 2.27 bits per heavy atom. The van der Waals surface area contributed by atoms with Crippen molar-refractivity contribution in [1.29, 1.82) is 0 Å². The zero-order valence-electron chi connectivity index (χ0n) is 12.4. The molecule has 0 aliphatic rings. The van der Waals surface area contributed by atoms with E-state index in [1.807, 2.05) is 0 Å². The maximum absolute atomic E-state index is 12.7. The number of rotatable bonds is 9. The summed E-state index contributed by atoms with van der Waals surface area (Å²) in [4.78, 5) is 23.2. The van der Waals surface area contributed by atoms with E-state index in [-0.39, 0.29) is 30.0 Å². The summed E-state index contributed by atoms with van der Waals surface area (Å²) in [6, 6.07) is 5.33. The Labute approximate surface area is 136 Å². The average Bonchev–Trinajstić information content (AvgIpc) is 2.48. The molecule has 0 aliphatic carbocycles. The van der Waals surface area contributed by atoms with Crippen molar-refractivity contribution in [2.24, 2.45) is 5.73 Å². The van der Waals surface area contributed by atoms with Crippen LogP contribution in [0.15, 0.2) is 24.3 Å². The Morgan fingerprint density at radius 2 is 1.64 bits per heavy atom. The van der Waals surface area contributed by atoms with Crippen LogP contribution >= 0.6 is 12.4 Å². The van der Waals surface area contributed by atoms with Gasteiger partial charge >= 0.3 is 0 Å². The molecule has 124 valence electrons. The molecule has 0 saturated heterocycles. The van der Waals surface area contributed by atoms with E-state index in [2.05, 4.69) is 10.6 Å². The van der Waals surface area contributed by atoms with E-state index in [0.717, 1.165) is 12.8 Å². The molecule has 0 aliphatic heterocycles. The molecule has 1 aromatic rings. The van der Waals surface area contributed by atoms with Crippen molar-refractivity contribution in [1.82, 2.24) is 10.6 Å². The monoisotopic (exact) mass is 331 g/mol.